The van der Waals surface area contributed by atoms with E-state index in [1.807, 2.05) is 48.7 Å². The number of aromatic nitrogens is 1. The summed E-state index contributed by atoms with van der Waals surface area (Å²) in [6.07, 6.45) is 6.22. The number of hydrogen-bond donors (Lipinski definition) is 3. The first-order valence-electron chi connectivity index (χ1n) is 11.9. The largest absolute Gasteiger partial charge is 0.496 e. The number of rotatable bonds is 6. The van der Waals surface area contributed by atoms with E-state index in [0.29, 0.717) is 43.0 Å². The molecule has 35 heavy (non-hydrogen) atoms. The topological polar surface area (TPSA) is 92.4 Å². The van der Waals surface area contributed by atoms with Crippen molar-refractivity contribution in [2.24, 2.45) is 5.92 Å². The van der Waals surface area contributed by atoms with Crippen molar-refractivity contribution in [1.29, 1.82) is 0 Å². The molecule has 1 saturated heterocycles. The van der Waals surface area contributed by atoms with E-state index in [1.165, 1.54) is 0 Å². The van der Waals surface area contributed by atoms with Gasteiger partial charge < -0.3 is 25.1 Å². The Morgan fingerprint density at radius 2 is 2.11 bits per heavy atom. The molecule has 3 atom stereocenters. The van der Waals surface area contributed by atoms with Crippen molar-refractivity contribution >= 4 is 40.4 Å². The number of amides is 2. The smallest absolute Gasteiger partial charge is 0.286 e. The second-order valence-corrected chi connectivity index (χ2v) is 9.48. The standard InChI is InChI=1S/C27H28ClN3O4/c1-34-23-5-3-2-4-16(23)13-25-27(33)31-22-12-17(6-9-24(22)35-25)26(32)29-11-10-18-15-30-21-8-7-19(28)14-20(18)21/h2-5,7-8,13-15,17,22,24,30H,6,9-12H2,1H3,(H,29,32)(H,31,33)/b25-13+. The van der Waals surface area contributed by atoms with Gasteiger partial charge in [-0.25, -0.2) is 0 Å². The van der Waals surface area contributed by atoms with E-state index in [9.17, 15) is 9.59 Å². The van der Waals surface area contributed by atoms with Crippen molar-refractivity contribution in [2.45, 2.75) is 37.8 Å². The zero-order chi connectivity index (χ0) is 24.4. The van der Waals surface area contributed by atoms with Crippen molar-refractivity contribution in [1.82, 2.24) is 15.6 Å². The van der Waals surface area contributed by atoms with Crippen LogP contribution in [0.1, 0.15) is 30.4 Å². The lowest BCUT2D eigenvalue weighted by Crippen LogP contribution is -2.54. The van der Waals surface area contributed by atoms with Crippen LogP contribution in [0.3, 0.4) is 0 Å². The number of benzene rings is 2. The number of hydrogen-bond acceptors (Lipinski definition) is 4. The maximum Gasteiger partial charge on any atom is 0.286 e. The summed E-state index contributed by atoms with van der Waals surface area (Å²) < 4.78 is 11.4. The number of para-hydroxylation sites is 1. The zero-order valence-corrected chi connectivity index (χ0v) is 20.2. The van der Waals surface area contributed by atoms with Gasteiger partial charge in [0, 0.05) is 40.1 Å². The van der Waals surface area contributed by atoms with Crippen LogP contribution in [0.25, 0.3) is 17.0 Å². The highest BCUT2D eigenvalue weighted by atomic mass is 35.5. The Morgan fingerprint density at radius 3 is 2.97 bits per heavy atom. The molecule has 0 spiro atoms. The van der Waals surface area contributed by atoms with Gasteiger partial charge in [-0.3, -0.25) is 9.59 Å². The van der Waals surface area contributed by atoms with Gasteiger partial charge in [0.2, 0.25) is 5.91 Å². The summed E-state index contributed by atoms with van der Waals surface area (Å²) in [5, 5.41) is 7.88. The molecular weight excluding hydrogens is 466 g/mol. The number of aromatic amines is 1. The highest BCUT2D eigenvalue weighted by Crippen LogP contribution is 2.32. The van der Waals surface area contributed by atoms with Crippen LogP contribution in [0.15, 0.2) is 54.4 Å². The molecule has 2 amide bonds. The number of ether oxygens (including phenoxy) is 2. The third kappa shape index (κ3) is 5.00. The number of fused-ring (bicyclic) bond motifs is 2. The first kappa shape index (κ1) is 23.3. The van der Waals surface area contributed by atoms with Gasteiger partial charge in [-0.2, -0.15) is 0 Å². The second-order valence-electron chi connectivity index (χ2n) is 9.04. The van der Waals surface area contributed by atoms with Gasteiger partial charge in [0.25, 0.3) is 5.91 Å². The van der Waals surface area contributed by atoms with Crippen LogP contribution in [-0.2, 0) is 20.7 Å². The Kier molecular flexibility index (Phi) is 6.68. The number of methoxy groups -OCH3 is 1. The number of carbonyl (C=O) groups excluding carboxylic acids is 2. The molecule has 2 fully saturated rings. The number of H-pyrrole nitrogens is 1. The van der Waals surface area contributed by atoms with Crippen LogP contribution < -0.4 is 15.4 Å². The average Bonchev–Trinajstić information content (AvgIpc) is 3.26. The van der Waals surface area contributed by atoms with Gasteiger partial charge in [-0.05, 0) is 61.6 Å². The Labute approximate surface area is 208 Å². The number of morpholine rings is 1. The highest BCUT2D eigenvalue weighted by Gasteiger charge is 2.40. The molecule has 182 valence electrons. The normalized spacial score (nSPS) is 22.9. The van der Waals surface area contributed by atoms with Crippen LogP contribution in [0.5, 0.6) is 5.75 Å². The minimum atomic E-state index is -0.267. The Bertz CT molecular complexity index is 1280. The molecule has 7 nitrogen and oxygen atoms in total. The minimum absolute atomic E-state index is 0.0194. The number of halogens is 1. The average molecular weight is 494 g/mol. The van der Waals surface area contributed by atoms with E-state index in [0.717, 1.165) is 22.0 Å². The number of nitrogens with one attached hydrogen (secondary N) is 3. The van der Waals surface area contributed by atoms with E-state index < -0.39 is 0 Å². The van der Waals surface area contributed by atoms with E-state index in [-0.39, 0.29) is 35.6 Å². The molecule has 2 heterocycles. The quantitative estimate of drug-likeness (QED) is 0.448. The summed E-state index contributed by atoms with van der Waals surface area (Å²) in [4.78, 5) is 28.8. The molecule has 8 heteroatoms. The molecule has 0 bridgehead atoms. The Morgan fingerprint density at radius 1 is 1.26 bits per heavy atom. The molecule has 2 aliphatic rings. The highest BCUT2D eigenvalue weighted by molar-refractivity contribution is 6.31. The van der Waals surface area contributed by atoms with Crippen molar-refractivity contribution in [2.75, 3.05) is 13.7 Å². The first-order valence-corrected chi connectivity index (χ1v) is 12.2. The van der Waals surface area contributed by atoms with Gasteiger partial charge in [-0.15, -0.1) is 0 Å². The fraction of sp³-hybridized carbons (Fsp3) is 0.333. The second kappa shape index (κ2) is 10.0. The van der Waals surface area contributed by atoms with E-state index >= 15 is 0 Å². The van der Waals surface area contributed by atoms with Gasteiger partial charge >= 0.3 is 0 Å². The van der Waals surface area contributed by atoms with E-state index in [4.69, 9.17) is 21.1 Å². The molecular formula is C27H28ClN3O4. The molecule has 0 radical (unpaired) electrons. The minimum Gasteiger partial charge on any atom is -0.496 e. The molecule has 3 aromatic rings. The predicted octanol–water partition coefficient (Wildman–Crippen LogP) is 4.21. The van der Waals surface area contributed by atoms with Gasteiger partial charge in [0.15, 0.2) is 5.76 Å². The van der Waals surface area contributed by atoms with E-state index in [2.05, 4.69) is 15.6 Å². The lowest BCUT2D eigenvalue weighted by molar-refractivity contribution is -0.134. The summed E-state index contributed by atoms with van der Waals surface area (Å²) in [7, 11) is 1.59. The van der Waals surface area contributed by atoms with Crippen LogP contribution in [0.4, 0.5) is 0 Å². The lowest BCUT2D eigenvalue weighted by atomic mass is 9.82. The van der Waals surface area contributed by atoms with Crippen LogP contribution >= 0.6 is 11.6 Å². The SMILES string of the molecule is COc1ccccc1/C=C1/OC2CCC(C(=O)NCCc3c[nH]c4ccc(Cl)cc34)CC2NC1=O. The fourth-order valence-electron chi connectivity index (χ4n) is 4.98. The Hall–Kier alpha value is -3.45. The summed E-state index contributed by atoms with van der Waals surface area (Å²) in [6, 6.07) is 13.0. The molecule has 1 aromatic heterocycles. The van der Waals surface area contributed by atoms with Gasteiger partial charge in [0.05, 0.1) is 13.2 Å². The van der Waals surface area contributed by atoms with Crippen molar-refractivity contribution in [3.63, 3.8) is 0 Å². The predicted molar refractivity (Wildman–Crippen MR) is 135 cm³/mol. The first-order chi connectivity index (χ1) is 17.0. The van der Waals surface area contributed by atoms with Crippen LogP contribution in [0, 0.1) is 5.92 Å². The van der Waals surface area contributed by atoms with Gasteiger partial charge in [-0.1, -0.05) is 29.8 Å². The number of carbonyl (C=O) groups is 2. The van der Waals surface area contributed by atoms with Crippen molar-refractivity contribution in [3.8, 4) is 5.75 Å². The van der Waals surface area contributed by atoms with Crippen LogP contribution in [0.2, 0.25) is 5.02 Å². The van der Waals surface area contributed by atoms with E-state index in [1.54, 1.807) is 13.2 Å². The van der Waals surface area contributed by atoms with Gasteiger partial charge in [0.1, 0.15) is 11.9 Å². The summed E-state index contributed by atoms with van der Waals surface area (Å²) in [6.45, 7) is 0.539. The summed E-state index contributed by atoms with van der Waals surface area (Å²) in [5.74, 6) is 0.548. The summed E-state index contributed by atoms with van der Waals surface area (Å²) >= 11 is 6.13. The molecule has 5 rings (SSSR count). The van der Waals surface area contributed by atoms with Crippen molar-refractivity contribution in [3.05, 3.63) is 70.6 Å². The zero-order valence-electron chi connectivity index (χ0n) is 19.5. The van der Waals surface area contributed by atoms with Crippen molar-refractivity contribution < 1.29 is 19.1 Å². The van der Waals surface area contributed by atoms with Crippen LogP contribution in [-0.4, -0.2) is 42.6 Å². The molecule has 1 aliphatic heterocycles. The third-order valence-electron chi connectivity index (χ3n) is 6.82. The monoisotopic (exact) mass is 493 g/mol. The third-order valence-corrected chi connectivity index (χ3v) is 7.06. The molecule has 2 aromatic carbocycles. The summed E-state index contributed by atoms with van der Waals surface area (Å²) in [5.41, 5.74) is 2.93. The molecule has 1 saturated carbocycles. The molecule has 1 aliphatic carbocycles. The maximum atomic E-state index is 12.9. The lowest BCUT2D eigenvalue weighted by Gasteiger charge is -2.39. The molecule has 3 unspecified atom stereocenters. The molecule has 3 N–H and O–H groups in total. The maximum absolute atomic E-state index is 12.9. The fourth-order valence-corrected chi connectivity index (χ4v) is 5.15. The Balaban J connectivity index is 1.16.